The van der Waals surface area contributed by atoms with Crippen LogP contribution in [0.25, 0.3) is 0 Å². The van der Waals surface area contributed by atoms with Crippen LogP contribution in [0.15, 0.2) is 48.8 Å². The van der Waals surface area contributed by atoms with Gasteiger partial charge >= 0.3 is 0 Å². The van der Waals surface area contributed by atoms with E-state index in [-0.39, 0.29) is 11.7 Å². The fourth-order valence-corrected chi connectivity index (χ4v) is 2.39. The summed E-state index contributed by atoms with van der Waals surface area (Å²) in [7, 11) is 0. The van der Waals surface area contributed by atoms with Crippen LogP contribution < -0.4 is 5.32 Å². The van der Waals surface area contributed by atoms with Crippen molar-refractivity contribution >= 4 is 5.91 Å². The molecule has 20 heavy (non-hydrogen) atoms. The maximum atomic E-state index is 13.0. The molecule has 1 heterocycles. The Morgan fingerprint density at radius 3 is 2.60 bits per heavy atom. The molecule has 0 radical (unpaired) electrons. The second kappa shape index (κ2) is 5.04. The van der Waals surface area contributed by atoms with Crippen molar-refractivity contribution in [3.05, 3.63) is 65.7 Å². The van der Waals surface area contributed by atoms with Gasteiger partial charge < -0.3 is 5.32 Å². The van der Waals surface area contributed by atoms with Crippen LogP contribution in [-0.4, -0.2) is 10.9 Å². The van der Waals surface area contributed by atoms with Gasteiger partial charge in [0.15, 0.2) is 0 Å². The molecule has 0 bridgehead atoms. The van der Waals surface area contributed by atoms with Crippen LogP contribution in [0.5, 0.6) is 0 Å². The summed E-state index contributed by atoms with van der Waals surface area (Å²) in [6, 6.07) is 9.98. The normalized spacial score (nSPS) is 15.7. The van der Waals surface area contributed by atoms with Gasteiger partial charge in [-0.2, -0.15) is 0 Å². The van der Waals surface area contributed by atoms with Crippen molar-refractivity contribution in [1.82, 2.24) is 10.3 Å². The summed E-state index contributed by atoms with van der Waals surface area (Å²) in [5.41, 5.74) is 1.40. The van der Waals surface area contributed by atoms with Crippen LogP contribution in [0.1, 0.15) is 24.0 Å². The molecule has 3 rings (SSSR count). The van der Waals surface area contributed by atoms with Gasteiger partial charge in [-0.3, -0.25) is 9.78 Å². The van der Waals surface area contributed by atoms with Crippen molar-refractivity contribution in [3.8, 4) is 0 Å². The highest BCUT2D eigenvalue weighted by Gasteiger charge is 2.51. The Balaban J connectivity index is 1.69. The van der Waals surface area contributed by atoms with Crippen molar-refractivity contribution in [2.75, 3.05) is 0 Å². The molecule has 1 amide bonds. The Kier molecular flexibility index (Phi) is 3.22. The van der Waals surface area contributed by atoms with Gasteiger partial charge in [0.05, 0.1) is 5.41 Å². The maximum absolute atomic E-state index is 13.0. The number of pyridine rings is 1. The van der Waals surface area contributed by atoms with Gasteiger partial charge in [-0.15, -0.1) is 0 Å². The lowest BCUT2D eigenvalue weighted by Crippen LogP contribution is -2.34. The number of carbonyl (C=O) groups excluding carboxylic acids is 1. The highest BCUT2D eigenvalue weighted by Crippen LogP contribution is 2.48. The van der Waals surface area contributed by atoms with Crippen molar-refractivity contribution in [1.29, 1.82) is 0 Å². The smallest absolute Gasteiger partial charge is 0.230 e. The van der Waals surface area contributed by atoms with Gasteiger partial charge in [-0.05, 0) is 42.2 Å². The molecule has 0 aliphatic heterocycles. The van der Waals surface area contributed by atoms with Crippen molar-refractivity contribution in [3.63, 3.8) is 0 Å². The van der Waals surface area contributed by atoms with E-state index in [4.69, 9.17) is 0 Å². The molecule has 102 valence electrons. The van der Waals surface area contributed by atoms with Gasteiger partial charge in [-0.25, -0.2) is 4.39 Å². The minimum atomic E-state index is -0.462. The minimum absolute atomic E-state index is 0.00737. The average molecular weight is 270 g/mol. The zero-order chi connectivity index (χ0) is 14.0. The molecule has 0 unspecified atom stereocenters. The highest BCUT2D eigenvalue weighted by atomic mass is 19.1. The van der Waals surface area contributed by atoms with E-state index in [9.17, 15) is 9.18 Å². The van der Waals surface area contributed by atoms with Crippen LogP contribution in [0.2, 0.25) is 0 Å². The standard InChI is InChI=1S/C16H15FN2O/c17-14-5-3-13(4-6-14)16(7-8-16)15(20)19-11-12-2-1-9-18-10-12/h1-6,9-10H,7-8,11H2,(H,19,20). The highest BCUT2D eigenvalue weighted by molar-refractivity contribution is 5.91. The Bertz CT molecular complexity index is 606. The molecule has 1 N–H and O–H groups in total. The number of halogens is 1. The van der Waals surface area contributed by atoms with Crippen molar-refractivity contribution < 1.29 is 9.18 Å². The number of carbonyl (C=O) groups is 1. The van der Waals surface area contributed by atoms with Crippen LogP contribution in [0.4, 0.5) is 4.39 Å². The Hall–Kier alpha value is -2.23. The van der Waals surface area contributed by atoms with E-state index in [0.717, 1.165) is 24.0 Å². The lowest BCUT2D eigenvalue weighted by atomic mass is 9.95. The molecule has 1 aromatic heterocycles. The van der Waals surface area contributed by atoms with E-state index in [0.29, 0.717) is 6.54 Å². The van der Waals surface area contributed by atoms with Crippen LogP contribution in [0, 0.1) is 5.82 Å². The van der Waals surface area contributed by atoms with E-state index in [1.807, 2.05) is 12.1 Å². The van der Waals surface area contributed by atoms with Crippen molar-refractivity contribution in [2.45, 2.75) is 24.8 Å². The van der Waals surface area contributed by atoms with Crippen molar-refractivity contribution in [2.24, 2.45) is 0 Å². The first-order chi connectivity index (χ1) is 9.71. The lowest BCUT2D eigenvalue weighted by molar-refractivity contribution is -0.123. The monoisotopic (exact) mass is 270 g/mol. The van der Waals surface area contributed by atoms with E-state index >= 15 is 0 Å². The lowest BCUT2D eigenvalue weighted by Gasteiger charge is -2.15. The number of amides is 1. The molecule has 1 aliphatic carbocycles. The SMILES string of the molecule is O=C(NCc1cccnc1)C1(c2ccc(F)cc2)CC1. The van der Waals surface area contributed by atoms with E-state index < -0.39 is 5.41 Å². The number of aromatic nitrogens is 1. The largest absolute Gasteiger partial charge is 0.351 e. The van der Waals surface area contributed by atoms with Gasteiger partial charge in [0.1, 0.15) is 5.82 Å². The molecule has 2 aromatic rings. The predicted octanol–water partition coefficient (Wildman–Crippen LogP) is 2.57. The summed E-state index contributed by atoms with van der Waals surface area (Å²) >= 11 is 0. The second-order valence-electron chi connectivity index (χ2n) is 5.13. The average Bonchev–Trinajstić information content (AvgIpc) is 3.28. The molecular formula is C16H15FN2O. The van der Waals surface area contributed by atoms with Crippen LogP contribution >= 0.6 is 0 Å². The summed E-state index contributed by atoms with van der Waals surface area (Å²) in [6.45, 7) is 0.468. The molecule has 1 saturated carbocycles. The van der Waals surface area contributed by atoms with Crippen LogP contribution in [-0.2, 0) is 16.8 Å². The maximum Gasteiger partial charge on any atom is 0.230 e. The Morgan fingerprint density at radius 1 is 1.25 bits per heavy atom. The van der Waals surface area contributed by atoms with Gasteiger partial charge in [0.25, 0.3) is 0 Å². The molecule has 4 heteroatoms. The first-order valence-corrected chi connectivity index (χ1v) is 6.64. The fourth-order valence-electron chi connectivity index (χ4n) is 2.39. The summed E-state index contributed by atoms with van der Waals surface area (Å²) in [5.74, 6) is -0.270. The minimum Gasteiger partial charge on any atom is -0.351 e. The predicted molar refractivity (Wildman–Crippen MR) is 73.4 cm³/mol. The first kappa shape index (κ1) is 12.8. The molecule has 1 aromatic carbocycles. The number of hydrogen-bond acceptors (Lipinski definition) is 2. The van der Waals surface area contributed by atoms with Gasteiger partial charge in [-0.1, -0.05) is 18.2 Å². The zero-order valence-corrected chi connectivity index (χ0v) is 11.0. The summed E-state index contributed by atoms with van der Waals surface area (Å²) in [5, 5.41) is 2.94. The summed E-state index contributed by atoms with van der Waals surface area (Å²) in [6.07, 6.45) is 5.07. The van der Waals surface area contributed by atoms with E-state index in [1.54, 1.807) is 24.5 Å². The number of nitrogens with one attached hydrogen (secondary N) is 1. The van der Waals surface area contributed by atoms with Gasteiger partial charge in [0, 0.05) is 18.9 Å². The Labute approximate surface area is 116 Å². The molecule has 0 atom stereocenters. The third-order valence-electron chi connectivity index (χ3n) is 3.76. The summed E-state index contributed by atoms with van der Waals surface area (Å²) in [4.78, 5) is 16.4. The topological polar surface area (TPSA) is 42.0 Å². The summed E-state index contributed by atoms with van der Waals surface area (Å²) < 4.78 is 13.0. The zero-order valence-electron chi connectivity index (χ0n) is 11.0. The van der Waals surface area contributed by atoms with Gasteiger partial charge in [0.2, 0.25) is 5.91 Å². The molecular weight excluding hydrogens is 255 g/mol. The molecule has 3 nitrogen and oxygen atoms in total. The first-order valence-electron chi connectivity index (χ1n) is 6.64. The number of hydrogen-bond donors (Lipinski definition) is 1. The molecule has 0 spiro atoms. The number of benzene rings is 1. The fraction of sp³-hybridized carbons (Fsp3) is 0.250. The third-order valence-corrected chi connectivity index (χ3v) is 3.76. The van der Waals surface area contributed by atoms with E-state index in [2.05, 4.69) is 10.3 Å². The molecule has 0 saturated heterocycles. The molecule has 1 aliphatic rings. The molecule has 1 fully saturated rings. The Morgan fingerprint density at radius 2 is 2.00 bits per heavy atom. The number of rotatable bonds is 4. The second-order valence-corrected chi connectivity index (χ2v) is 5.13. The third kappa shape index (κ3) is 2.41. The van der Waals surface area contributed by atoms with Crippen LogP contribution in [0.3, 0.4) is 0 Å². The quantitative estimate of drug-likeness (QED) is 0.927. The van der Waals surface area contributed by atoms with E-state index in [1.165, 1.54) is 12.1 Å². The number of nitrogens with zero attached hydrogens (tertiary/aromatic N) is 1.